The summed E-state index contributed by atoms with van der Waals surface area (Å²) in [6.07, 6.45) is 3.77. The molecule has 2 nitrogen and oxygen atoms in total. The number of hydrogen-bond donors (Lipinski definition) is 1. The SMILES string of the molecule is CCNC1CC(Oc2cccc(CC)c2)C1. The Bertz CT molecular complexity index is 331. The van der Waals surface area contributed by atoms with Crippen LogP contribution in [0.1, 0.15) is 32.3 Å². The minimum absolute atomic E-state index is 0.413. The summed E-state index contributed by atoms with van der Waals surface area (Å²) < 4.78 is 5.93. The summed E-state index contributed by atoms with van der Waals surface area (Å²) in [5, 5.41) is 3.44. The van der Waals surface area contributed by atoms with Gasteiger partial charge in [-0.05, 0) is 43.5 Å². The van der Waals surface area contributed by atoms with Crippen molar-refractivity contribution in [2.45, 2.75) is 45.3 Å². The summed E-state index contributed by atoms with van der Waals surface area (Å²) in [4.78, 5) is 0. The third-order valence-corrected chi connectivity index (χ3v) is 3.20. The first-order valence-corrected chi connectivity index (χ1v) is 6.30. The van der Waals surface area contributed by atoms with Crippen LogP contribution in [0.2, 0.25) is 0 Å². The monoisotopic (exact) mass is 219 g/mol. The quantitative estimate of drug-likeness (QED) is 0.822. The predicted molar refractivity (Wildman–Crippen MR) is 66.9 cm³/mol. The van der Waals surface area contributed by atoms with E-state index in [2.05, 4.69) is 43.4 Å². The smallest absolute Gasteiger partial charge is 0.119 e. The average molecular weight is 219 g/mol. The van der Waals surface area contributed by atoms with Gasteiger partial charge in [0.1, 0.15) is 11.9 Å². The van der Waals surface area contributed by atoms with Gasteiger partial charge in [-0.15, -0.1) is 0 Å². The normalized spacial score (nSPS) is 23.9. The van der Waals surface area contributed by atoms with Crippen molar-refractivity contribution in [3.05, 3.63) is 29.8 Å². The lowest BCUT2D eigenvalue weighted by atomic mass is 9.89. The van der Waals surface area contributed by atoms with Crippen molar-refractivity contribution in [1.82, 2.24) is 5.32 Å². The molecular weight excluding hydrogens is 198 g/mol. The van der Waals surface area contributed by atoms with Crippen molar-refractivity contribution in [3.8, 4) is 5.75 Å². The van der Waals surface area contributed by atoms with Crippen LogP contribution >= 0.6 is 0 Å². The topological polar surface area (TPSA) is 21.3 Å². The first-order valence-electron chi connectivity index (χ1n) is 6.30. The van der Waals surface area contributed by atoms with Gasteiger partial charge in [0.25, 0.3) is 0 Å². The second kappa shape index (κ2) is 5.35. The zero-order valence-electron chi connectivity index (χ0n) is 10.2. The number of ether oxygens (including phenoxy) is 1. The first kappa shape index (κ1) is 11.5. The molecule has 0 spiro atoms. The second-order valence-corrected chi connectivity index (χ2v) is 4.47. The van der Waals surface area contributed by atoms with E-state index in [0.29, 0.717) is 12.1 Å². The fourth-order valence-electron chi connectivity index (χ4n) is 2.15. The molecule has 1 N–H and O–H groups in total. The van der Waals surface area contributed by atoms with Gasteiger partial charge in [-0.3, -0.25) is 0 Å². The van der Waals surface area contributed by atoms with Crippen molar-refractivity contribution in [2.75, 3.05) is 6.54 Å². The summed E-state index contributed by atoms with van der Waals surface area (Å²) in [5.41, 5.74) is 1.35. The Morgan fingerprint density at radius 1 is 1.31 bits per heavy atom. The molecule has 0 unspecified atom stereocenters. The highest BCUT2D eigenvalue weighted by Crippen LogP contribution is 2.26. The predicted octanol–water partition coefficient (Wildman–Crippen LogP) is 2.77. The molecule has 1 aliphatic rings. The lowest BCUT2D eigenvalue weighted by Crippen LogP contribution is -2.46. The number of aryl methyl sites for hydroxylation is 1. The first-order chi connectivity index (χ1) is 7.81. The van der Waals surface area contributed by atoms with Crippen LogP contribution in [0.4, 0.5) is 0 Å². The van der Waals surface area contributed by atoms with E-state index in [9.17, 15) is 0 Å². The van der Waals surface area contributed by atoms with Crippen LogP contribution < -0.4 is 10.1 Å². The third kappa shape index (κ3) is 2.76. The molecule has 0 radical (unpaired) electrons. The fourth-order valence-corrected chi connectivity index (χ4v) is 2.15. The molecule has 1 saturated carbocycles. The Morgan fingerprint density at radius 3 is 2.81 bits per heavy atom. The van der Waals surface area contributed by atoms with Gasteiger partial charge in [0.2, 0.25) is 0 Å². The van der Waals surface area contributed by atoms with Gasteiger partial charge >= 0.3 is 0 Å². The highest BCUT2D eigenvalue weighted by Gasteiger charge is 2.29. The van der Waals surface area contributed by atoms with Crippen LogP contribution in [0.5, 0.6) is 5.75 Å². The van der Waals surface area contributed by atoms with E-state index in [4.69, 9.17) is 4.74 Å². The third-order valence-electron chi connectivity index (χ3n) is 3.20. The Labute approximate surface area is 98.0 Å². The average Bonchev–Trinajstić information content (AvgIpc) is 2.27. The van der Waals surface area contributed by atoms with Crippen LogP contribution in [0, 0.1) is 0 Å². The molecule has 0 aromatic heterocycles. The molecule has 1 aromatic rings. The van der Waals surface area contributed by atoms with Crippen LogP contribution in [-0.4, -0.2) is 18.7 Å². The number of nitrogens with one attached hydrogen (secondary N) is 1. The van der Waals surface area contributed by atoms with Gasteiger partial charge < -0.3 is 10.1 Å². The van der Waals surface area contributed by atoms with Crippen molar-refractivity contribution in [2.24, 2.45) is 0 Å². The highest BCUT2D eigenvalue weighted by molar-refractivity contribution is 5.28. The lowest BCUT2D eigenvalue weighted by Gasteiger charge is -2.35. The molecule has 0 heterocycles. The summed E-state index contributed by atoms with van der Waals surface area (Å²) in [6.45, 7) is 5.38. The largest absolute Gasteiger partial charge is 0.490 e. The molecule has 0 saturated heterocycles. The Morgan fingerprint density at radius 2 is 2.12 bits per heavy atom. The minimum atomic E-state index is 0.413. The van der Waals surface area contributed by atoms with Crippen molar-refractivity contribution >= 4 is 0 Å². The van der Waals surface area contributed by atoms with E-state index >= 15 is 0 Å². The molecule has 2 rings (SSSR count). The zero-order chi connectivity index (χ0) is 11.4. The molecule has 1 aromatic carbocycles. The summed E-state index contributed by atoms with van der Waals surface area (Å²) >= 11 is 0. The van der Waals surface area contributed by atoms with Gasteiger partial charge in [-0.1, -0.05) is 26.0 Å². The van der Waals surface area contributed by atoms with E-state index in [1.54, 1.807) is 0 Å². The maximum Gasteiger partial charge on any atom is 0.119 e. The highest BCUT2D eigenvalue weighted by atomic mass is 16.5. The Hall–Kier alpha value is -1.02. The van der Waals surface area contributed by atoms with Crippen LogP contribution in [0.3, 0.4) is 0 Å². The van der Waals surface area contributed by atoms with E-state index in [1.807, 2.05) is 0 Å². The van der Waals surface area contributed by atoms with E-state index in [1.165, 1.54) is 5.56 Å². The maximum absolute atomic E-state index is 5.93. The second-order valence-electron chi connectivity index (χ2n) is 4.47. The Kier molecular flexibility index (Phi) is 3.83. The van der Waals surface area contributed by atoms with Gasteiger partial charge in [0, 0.05) is 6.04 Å². The molecule has 0 aliphatic heterocycles. The maximum atomic E-state index is 5.93. The summed E-state index contributed by atoms with van der Waals surface area (Å²) in [6, 6.07) is 9.11. The number of hydrogen-bond acceptors (Lipinski definition) is 2. The molecule has 2 heteroatoms. The van der Waals surface area contributed by atoms with Crippen LogP contribution in [0.15, 0.2) is 24.3 Å². The van der Waals surface area contributed by atoms with Gasteiger partial charge in [0.05, 0.1) is 0 Å². The number of benzene rings is 1. The molecule has 1 fully saturated rings. The van der Waals surface area contributed by atoms with Gasteiger partial charge in [-0.25, -0.2) is 0 Å². The zero-order valence-corrected chi connectivity index (χ0v) is 10.2. The number of rotatable bonds is 5. The fraction of sp³-hybridized carbons (Fsp3) is 0.571. The molecule has 16 heavy (non-hydrogen) atoms. The van der Waals surface area contributed by atoms with E-state index in [0.717, 1.165) is 31.6 Å². The molecule has 0 amide bonds. The van der Waals surface area contributed by atoms with Crippen molar-refractivity contribution in [1.29, 1.82) is 0 Å². The van der Waals surface area contributed by atoms with E-state index in [-0.39, 0.29) is 0 Å². The van der Waals surface area contributed by atoms with Gasteiger partial charge in [0.15, 0.2) is 0 Å². The summed E-state index contributed by atoms with van der Waals surface area (Å²) in [5.74, 6) is 1.03. The van der Waals surface area contributed by atoms with Gasteiger partial charge in [-0.2, -0.15) is 0 Å². The molecule has 88 valence electrons. The van der Waals surface area contributed by atoms with E-state index < -0.39 is 0 Å². The molecule has 1 aliphatic carbocycles. The lowest BCUT2D eigenvalue weighted by molar-refractivity contribution is 0.0859. The molecular formula is C14H21NO. The van der Waals surface area contributed by atoms with Crippen molar-refractivity contribution < 1.29 is 4.74 Å². The molecule has 0 atom stereocenters. The van der Waals surface area contributed by atoms with Crippen LogP contribution in [0.25, 0.3) is 0 Å². The Balaban J connectivity index is 1.82. The van der Waals surface area contributed by atoms with Crippen molar-refractivity contribution in [3.63, 3.8) is 0 Å². The van der Waals surface area contributed by atoms with Crippen LogP contribution in [-0.2, 0) is 6.42 Å². The standard InChI is InChI=1S/C14H21NO/c1-3-11-6-5-7-13(8-11)16-14-9-12(10-14)15-4-2/h5-8,12,14-15H,3-4,9-10H2,1-2H3. The molecule has 0 bridgehead atoms. The minimum Gasteiger partial charge on any atom is -0.490 e. The summed E-state index contributed by atoms with van der Waals surface area (Å²) in [7, 11) is 0.